The number of aromatic nitrogens is 1. The zero-order valence-corrected chi connectivity index (χ0v) is 14.4. The summed E-state index contributed by atoms with van der Waals surface area (Å²) in [5.74, 6) is 2.49. The van der Waals surface area contributed by atoms with Crippen molar-refractivity contribution in [3.8, 4) is 10.6 Å². The highest BCUT2D eigenvalue weighted by atomic mass is 32.2. The Morgan fingerprint density at radius 1 is 1.43 bits per heavy atom. The number of thioether (sulfide) groups is 1. The first kappa shape index (κ1) is 16.5. The van der Waals surface area contributed by atoms with Crippen molar-refractivity contribution in [2.24, 2.45) is 0 Å². The van der Waals surface area contributed by atoms with Crippen LogP contribution in [-0.2, 0) is 15.8 Å². The number of thiophene rings is 1. The van der Waals surface area contributed by atoms with Gasteiger partial charge in [-0.15, -0.1) is 11.3 Å². The number of rotatable bonds is 8. The van der Waals surface area contributed by atoms with Crippen molar-refractivity contribution in [1.29, 1.82) is 0 Å². The minimum absolute atomic E-state index is 0.187. The van der Waals surface area contributed by atoms with Crippen LogP contribution in [0.5, 0.6) is 0 Å². The molecule has 2 rings (SSSR count). The lowest BCUT2D eigenvalue weighted by Crippen LogP contribution is -2.25. The highest BCUT2D eigenvalue weighted by Crippen LogP contribution is 2.26. The second-order valence-corrected chi connectivity index (χ2v) is 9.02. The van der Waals surface area contributed by atoms with Gasteiger partial charge in [-0.05, 0) is 23.6 Å². The third-order valence-electron chi connectivity index (χ3n) is 2.82. The van der Waals surface area contributed by atoms with E-state index in [1.807, 2.05) is 23.6 Å². The second-order valence-electron chi connectivity index (χ2n) is 4.66. The van der Waals surface area contributed by atoms with Crippen molar-refractivity contribution in [3.63, 3.8) is 0 Å². The molecule has 0 aliphatic heterocycles. The first-order valence-corrected chi connectivity index (χ1v) is 10.1. The Labute approximate surface area is 133 Å². The Balaban J connectivity index is 1.72. The van der Waals surface area contributed by atoms with Crippen molar-refractivity contribution in [2.45, 2.75) is 12.2 Å². The van der Waals surface area contributed by atoms with E-state index >= 15 is 0 Å². The summed E-state index contributed by atoms with van der Waals surface area (Å²) < 4.78 is 29.7. The van der Waals surface area contributed by atoms with Crippen LogP contribution in [0.2, 0.25) is 0 Å². The molecule has 8 heteroatoms. The summed E-state index contributed by atoms with van der Waals surface area (Å²) in [7, 11) is 0.0374. The summed E-state index contributed by atoms with van der Waals surface area (Å²) in [5, 5.41) is 6.03. The standard InChI is InChI=1S/C13H18N2O3S3/c1-15(2)21(16,17)8-4-6-19-10-11-9-12(18-14-11)13-5-3-7-20-13/h3,5,7,9H,4,6,8,10H2,1-2H3. The molecular weight excluding hydrogens is 328 g/mol. The average molecular weight is 346 g/mol. The van der Waals surface area contributed by atoms with Crippen LogP contribution in [0.4, 0.5) is 0 Å². The number of hydrogen-bond donors (Lipinski definition) is 0. The maximum absolute atomic E-state index is 11.6. The lowest BCUT2D eigenvalue weighted by molar-refractivity contribution is 0.427. The molecule has 0 aliphatic rings. The van der Waals surface area contributed by atoms with Gasteiger partial charge in [-0.3, -0.25) is 0 Å². The van der Waals surface area contributed by atoms with Crippen LogP contribution in [0.25, 0.3) is 10.6 Å². The van der Waals surface area contributed by atoms with Gasteiger partial charge in [0.15, 0.2) is 5.76 Å². The zero-order chi connectivity index (χ0) is 15.3. The van der Waals surface area contributed by atoms with Crippen LogP contribution in [0, 0.1) is 0 Å². The van der Waals surface area contributed by atoms with E-state index in [1.54, 1.807) is 37.2 Å². The maximum atomic E-state index is 11.6. The topological polar surface area (TPSA) is 63.4 Å². The highest BCUT2D eigenvalue weighted by molar-refractivity contribution is 7.98. The summed E-state index contributed by atoms with van der Waals surface area (Å²) in [6, 6.07) is 5.91. The predicted molar refractivity (Wildman–Crippen MR) is 88.1 cm³/mol. The third-order valence-corrected chi connectivity index (χ3v) is 6.70. The molecule has 0 aromatic carbocycles. The van der Waals surface area contributed by atoms with Crippen molar-refractivity contribution < 1.29 is 12.9 Å². The summed E-state index contributed by atoms with van der Waals surface area (Å²) in [4.78, 5) is 1.07. The predicted octanol–water partition coefficient (Wildman–Crippen LogP) is 2.92. The third kappa shape index (κ3) is 4.84. The fraction of sp³-hybridized carbons (Fsp3) is 0.462. The summed E-state index contributed by atoms with van der Waals surface area (Å²) >= 11 is 3.28. The van der Waals surface area contributed by atoms with E-state index in [0.29, 0.717) is 6.42 Å². The van der Waals surface area contributed by atoms with Gasteiger partial charge < -0.3 is 4.52 Å². The normalized spacial score (nSPS) is 12.1. The first-order chi connectivity index (χ1) is 9.99. The molecule has 2 aromatic heterocycles. The van der Waals surface area contributed by atoms with Crippen LogP contribution in [-0.4, -0.2) is 43.5 Å². The van der Waals surface area contributed by atoms with Crippen molar-refractivity contribution in [2.75, 3.05) is 25.6 Å². The Hall–Kier alpha value is -0.830. The molecule has 0 saturated carbocycles. The van der Waals surface area contributed by atoms with E-state index in [-0.39, 0.29) is 5.75 Å². The van der Waals surface area contributed by atoms with Gasteiger partial charge in [-0.1, -0.05) is 11.2 Å². The van der Waals surface area contributed by atoms with Gasteiger partial charge in [0.2, 0.25) is 10.0 Å². The second kappa shape index (κ2) is 7.44. The van der Waals surface area contributed by atoms with Crippen LogP contribution in [0.1, 0.15) is 12.1 Å². The van der Waals surface area contributed by atoms with E-state index < -0.39 is 10.0 Å². The fourth-order valence-corrected chi connectivity index (χ4v) is 4.19. The molecule has 0 unspecified atom stereocenters. The molecule has 0 atom stereocenters. The van der Waals surface area contributed by atoms with E-state index in [4.69, 9.17) is 4.52 Å². The summed E-state index contributed by atoms with van der Waals surface area (Å²) in [5.41, 5.74) is 0.888. The maximum Gasteiger partial charge on any atom is 0.213 e. The molecule has 0 fully saturated rings. The number of sulfonamides is 1. The first-order valence-electron chi connectivity index (χ1n) is 6.46. The van der Waals surface area contributed by atoms with Crippen molar-refractivity contribution in [3.05, 3.63) is 29.3 Å². The van der Waals surface area contributed by atoms with Gasteiger partial charge in [-0.2, -0.15) is 11.8 Å². The molecule has 5 nitrogen and oxygen atoms in total. The lowest BCUT2D eigenvalue weighted by Gasteiger charge is -2.10. The van der Waals surface area contributed by atoms with Gasteiger partial charge in [-0.25, -0.2) is 12.7 Å². The fourth-order valence-electron chi connectivity index (χ4n) is 1.62. The number of nitrogens with zero attached hydrogens (tertiary/aromatic N) is 2. The molecule has 0 radical (unpaired) electrons. The van der Waals surface area contributed by atoms with E-state index in [1.165, 1.54) is 4.31 Å². The minimum Gasteiger partial charge on any atom is -0.355 e. The van der Waals surface area contributed by atoms with E-state index in [9.17, 15) is 8.42 Å². The molecule has 0 spiro atoms. The van der Waals surface area contributed by atoms with Gasteiger partial charge in [0, 0.05) is 25.9 Å². The van der Waals surface area contributed by atoms with E-state index in [0.717, 1.165) is 27.8 Å². The van der Waals surface area contributed by atoms with Crippen molar-refractivity contribution in [1.82, 2.24) is 9.46 Å². The number of hydrogen-bond acceptors (Lipinski definition) is 6. The molecule has 21 heavy (non-hydrogen) atoms. The van der Waals surface area contributed by atoms with Gasteiger partial charge in [0.1, 0.15) is 0 Å². The van der Waals surface area contributed by atoms with E-state index in [2.05, 4.69) is 5.16 Å². The molecule has 2 aromatic rings. The molecule has 0 amide bonds. The zero-order valence-electron chi connectivity index (χ0n) is 12.0. The molecule has 0 saturated heterocycles. The molecule has 116 valence electrons. The summed E-state index contributed by atoms with van der Waals surface area (Å²) in [6.45, 7) is 0. The molecule has 0 bridgehead atoms. The van der Waals surface area contributed by atoms with Crippen LogP contribution < -0.4 is 0 Å². The monoisotopic (exact) mass is 346 g/mol. The molecule has 0 N–H and O–H groups in total. The Morgan fingerprint density at radius 2 is 2.24 bits per heavy atom. The summed E-state index contributed by atoms with van der Waals surface area (Å²) in [6.07, 6.45) is 0.640. The Kier molecular flexibility index (Phi) is 5.86. The molecule has 2 heterocycles. The van der Waals surface area contributed by atoms with Crippen molar-refractivity contribution >= 4 is 33.1 Å². The van der Waals surface area contributed by atoms with Gasteiger partial charge >= 0.3 is 0 Å². The average Bonchev–Trinajstić information content (AvgIpc) is 3.08. The molecular formula is C13H18N2O3S3. The van der Waals surface area contributed by atoms with Crippen LogP contribution in [0.3, 0.4) is 0 Å². The SMILES string of the molecule is CN(C)S(=O)(=O)CCCSCc1cc(-c2cccs2)on1. The highest BCUT2D eigenvalue weighted by Gasteiger charge is 2.13. The smallest absolute Gasteiger partial charge is 0.213 e. The Morgan fingerprint density at radius 3 is 2.90 bits per heavy atom. The van der Waals surface area contributed by atoms with Crippen LogP contribution in [0.15, 0.2) is 28.1 Å². The quantitative estimate of drug-likeness (QED) is 0.688. The van der Waals surface area contributed by atoms with Gasteiger partial charge in [0.25, 0.3) is 0 Å². The largest absolute Gasteiger partial charge is 0.355 e. The van der Waals surface area contributed by atoms with Gasteiger partial charge in [0.05, 0.1) is 16.3 Å². The minimum atomic E-state index is -3.08. The lowest BCUT2D eigenvalue weighted by atomic mass is 10.3. The molecule has 0 aliphatic carbocycles. The van der Waals surface area contributed by atoms with Crippen LogP contribution >= 0.6 is 23.1 Å². The Bertz CT molecular complexity index is 648.